The van der Waals surface area contributed by atoms with E-state index in [2.05, 4.69) is 26.0 Å². The lowest BCUT2D eigenvalue weighted by molar-refractivity contribution is -0.137. The van der Waals surface area contributed by atoms with Crippen LogP contribution in [0.25, 0.3) is 0 Å². The molecule has 104 valence electrons. The molecule has 0 aromatic heterocycles. The lowest BCUT2D eigenvalue weighted by Crippen LogP contribution is -2.15. The highest BCUT2D eigenvalue weighted by atomic mass is 16.5. The molecule has 19 heavy (non-hydrogen) atoms. The first-order chi connectivity index (χ1) is 9.04. The maximum Gasteiger partial charge on any atom is 0.303 e. The number of aryl methyl sites for hydroxylation is 2. The van der Waals surface area contributed by atoms with Crippen molar-refractivity contribution in [2.75, 3.05) is 6.61 Å². The van der Waals surface area contributed by atoms with Crippen molar-refractivity contribution in [1.82, 2.24) is 0 Å². The van der Waals surface area contributed by atoms with Gasteiger partial charge in [0.1, 0.15) is 5.75 Å². The van der Waals surface area contributed by atoms with E-state index in [-0.39, 0.29) is 11.8 Å². The van der Waals surface area contributed by atoms with Crippen LogP contribution < -0.4 is 4.74 Å². The standard InChI is InChI=1S/C16H22O3/c1-3-13-4-5-14(12(2)10-13)19-11-16(8-9-16)7-6-15(17)18/h4-5,10H,3,6-9,11H2,1-2H3,(H,17,18). The lowest BCUT2D eigenvalue weighted by Gasteiger charge is -2.17. The topological polar surface area (TPSA) is 46.5 Å². The first-order valence-corrected chi connectivity index (χ1v) is 6.99. The molecule has 1 aliphatic rings. The SMILES string of the molecule is CCc1ccc(OCC2(CCC(=O)O)CC2)c(C)c1. The Hall–Kier alpha value is -1.51. The highest BCUT2D eigenvalue weighted by Crippen LogP contribution is 2.49. The third-order valence-electron chi connectivity index (χ3n) is 4.01. The van der Waals surface area contributed by atoms with Crippen molar-refractivity contribution in [3.8, 4) is 5.75 Å². The average Bonchev–Trinajstić information content (AvgIpc) is 3.15. The Balaban J connectivity index is 1.90. The molecule has 2 rings (SSSR count). The van der Waals surface area contributed by atoms with E-state index >= 15 is 0 Å². The fraction of sp³-hybridized carbons (Fsp3) is 0.562. The van der Waals surface area contributed by atoms with Crippen LogP contribution in [0.15, 0.2) is 18.2 Å². The van der Waals surface area contributed by atoms with Crippen LogP contribution in [0.2, 0.25) is 0 Å². The van der Waals surface area contributed by atoms with Crippen LogP contribution in [0.5, 0.6) is 5.75 Å². The number of aliphatic carboxylic acids is 1. The predicted octanol–water partition coefficient (Wildman–Crippen LogP) is 3.58. The van der Waals surface area contributed by atoms with E-state index in [4.69, 9.17) is 9.84 Å². The van der Waals surface area contributed by atoms with E-state index in [0.29, 0.717) is 6.61 Å². The molecule has 0 aliphatic heterocycles. The molecule has 0 atom stereocenters. The molecule has 0 radical (unpaired) electrons. The molecule has 1 aromatic carbocycles. The Morgan fingerprint density at radius 2 is 2.16 bits per heavy atom. The fourth-order valence-electron chi connectivity index (χ4n) is 2.34. The second-order valence-corrected chi connectivity index (χ2v) is 5.64. The summed E-state index contributed by atoms with van der Waals surface area (Å²) >= 11 is 0. The summed E-state index contributed by atoms with van der Waals surface area (Å²) in [5.41, 5.74) is 2.60. The maximum atomic E-state index is 10.6. The van der Waals surface area contributed by atoms with Gasteiger partial charge in [-0.05, 0) is 49.8 Å². The maximum absolute atomic E-state index is 10.6. The van der Waals surface area contributed by atoms with Gasteiger partial charge in [-0.3, -0.25) is 4.79 Å². The molecular weight excluding hydrogens is 240 g/mol. The third kappa shape index (κ3) is 3.72. The van der Waals surface area contributed by atoms with Crippen molar-refractivity contribution in [3.63, 3.8) is 0 Å². The molecule has 3 heteroatoms. The summed E-state index contributed by atoms with van der Waals surface area (Å²) in [6.07, 6.45) is 4.19. The van der Waals surface area contributed by atoms with Gasteiger partial charge in [0.25, 0.3) is 0 Å². The first-order valence-electron chi connectivity index (χ1n) is 6.99. The summed E-state index contributed by atoms with van der Waals surface area (Å²) < 4.78 is 5.90. The second-order valence-electron chi connectivity index (χ2n) is 5.64. The van der Waals surface area contributed by atoms with Crippen molar-refractivity contribution in [2.24, 2.45) is 5.41 Å². The summed E-state index contributed by atoms with van der Waals surface area (Å²) in [7, 11) is 0. The largest absolute Gasteiger partial charge is 0.493 e. The van der Waals surface area contributed by atoms with Gasteiger partial charge in [-0.15, -0.1) is 0 Å². The van der Waals surface area contributed by atoms with Crippen molar-refractivity contribution in [1.29, 1.82) is 0 Å². The summed E-state index contributed by atoms with van der Waals surface area (Å²) in [6.45, 7) is 4.85. The molecule has 0 heterocycles. The monoisotopic (exact) mass is 262 g/mol. The van der Waals surface area contributed by atoms with Crippen LogP contribution >= 0.6 is 0 Å². The number of ether oxygens (including phenoxy) is 1. The number of carbonyl (C=O) groups is 1. The van der Waals surface area contributed by atoms with E-state index in [0.717, 1.165) is 37.0 Å². The Morgan fingerprint density at radius 1 is 1.42 bits per heavy atom. The molecule has 1 saturated carbocycles. The van der Waals surface area contributed by atoms with Crippen molar-refractivity contribution in [2.45, 2.75) is 46.0 Å². The van der Waals surface area contributed by atoms with Crippen molar-refractivity contribution in [3.05, 3.63) is 29.3 Å². The Kier molecular flexibility index (Phi) is 4.13. The predicted molar refractivity (Wildman–Crippen MR) is 74.6 cm³/mol. The number of hydrogen-bond acceptors (Lipinski definition) is 2. The third-order valence-corrected chi connectivity index (χ3v) is 4.01. The van der Waals surface area contributed by atoms with E-state index in [1.807, 2.05) is 6.07 Å². The molecule has 0 bridgehead atoms. The van der Waals surface area contributed by atoms with Crippen molar-refractivity contribution < 1.29 is 14.6 Å². The average molecular weight is 262 g/mol. The highest BCUT2D eigenvalue weighted by molar-refractivity contribution is 5.66. The van der Waals surface area contributed by atoms with Crippen molar-refractivity contribution >= 4 is 5.97 Å². The zero-order chi connectivity index (χ0) is 13.9. The van der Waals surface area contributed by atoms with Gasteiger partial charge in [0.2, 0.25) is 0 Å². The number of carboxylic acid groups (broad SMARTS) is 1. The van der Waals surface area contributed by atoms with Gasteiger partial charge in [-0.25, -0.2) is 0 Å². The fourth-order valence-corrected chi connectivity index (χ4v) is 2.34. The van der Waals surface area contributed by atoms with Gasteiger partial charge in [0, 0.05) is 11.8 Å². The number of hydrogen-bond donors (Lipinski definition) is 1. The summed E-state index contributed by atoms with van der Waals surface area (Å²) in [4.78, 5) is 10.6. The van der Waals surface area contributed by atoms with Crippen LogP contribution in [0, 0.1) is 12.3 Å². The number of rotatable bonds is 7. The van der Waals surface area contributed by atoms with E-state index in [9.17, 15) is 4.79 Å². The smallest absolute Gasteiger partial charge is 0.303 e. The van der Waals surface area contributed by atoms with E-state index in [1.165, 1.54) is 5.56 Å². The molecule has 0 spiro atoms. The zero-order valence-corrected chi connectivity index (χ0v) is 11.7. The molecule has 3 nitrogen and oxygen atoms in total. The second kappa shape index (κ2) is 5.64. The number of benzene rings is 1. The van der Waals surface area contributed by atoms with E-state index < -0.39 is 5.97 Å². The molecule has 1 aromatic rings. The lowest BCUT2D eigenvalue weighted by atomic mass is 10.0. The molecule has 0 saturated heterocycles. The van der Waals surface area contributed by atoms with Gasteiger partial charge in [0.15, 0.2) is 0 Å². The van der Waals surface area contributed by atoms with Gasteiger partial charge in [-0.1, -0.05) is 19.1 Å². The minimum atomic E-state index is -0.713. The van der Waals surface area contributed by atoms with Crippen LogP contribution in [-0.4, -0.2) is 17.7 Å². The van der Waals surface area contributed by atoms with Gasteiger partial charge in [0.05, 0.1) is 6.61 Å². The van der Waals surface area contributed by atoms with Crippen LogP contribution in [0.3, 0.4) is 0 Å². The van der Waals surface area contributed by atoms with Crippen LogP contribution in [0.1, 0.15) is 43.7 Å². The molecule has 1 N–H and O–H groups in total. The molecular formula is C16H22O3. The van der Waals surface area contributed by atoms with Crippen LogP contribution in [-0.2, 0) is 11.2 Å². The summed E-state index contributed by atoms with van der Waals surface area (Å²) in [5.74, 6) is 0.216. The Bertz CT molecular complexity index is 461. The molecule has 0 amide bonds. The normalized spacial score (nSPS) is 16.1. The molecule has 1 fully saturated rings. The Morgan fingerprint density at radius 3 is 2.68 bits per heavy atom. The Labute approximate surface area is 114 Å². The van der Waals surface area contributed by atoms with Gasteiger partial charge in [-0.2, -0.15) is 0 Å². The summed E-state index contributed by atoms with van der Waals surface area (Å²) in [5, 5.41) is 8.75. The number of carboxylic acids is 1. The van der Waals surface area contributed by atoms with Gasteiger partial charge < -0.3 is 9.84 Å². The minimum absolute atomic E-state index is 0.119. The highest BCUT2D eigenvalue weighted by Gasteiger charge is 2.43. The summed E-state index contributed by atoms with van der Waals surface area (Å²) in [6, 6.07) is 6.28. The van der Waals surface area contributed by atoms with Gasteiger partial charge >= 0.3 is 5.97 Å². The molecule has 1 aliphatic carbocycles. The quantitative estimate of drug-likeness (QED) is 0.817. The molecule has 0 unspecified atom stereocenters. The zero-order valence-electron chi connectivity index (χ0n) is 11.7. The minimum Gasteiger partial charge on any atom is -0.493 e. The van der Waals surface area contributed by atoms with E-state index in [1.54, 1.807) is 0 Å². The van der Waals surface area contributed by atoms with Crippen LogP contribution in [0.4, 0.5) is 0 Å². The first kappa shape index (κ1) is 13.9.